The van der Waals surface area contributed by atoms with E-state index in [1.807, 2.05) is 4.90 Å². The Labute approximate surface area is 134 Å². The zero-order valence-corrected chi connectivity index (χ0v) is 14.0. The van der Waals surface area contributed by atoms with Crippen molar-refractivity contribution in [1.82, 2.24) is 4.90 Å². The highest BCUT2D eigenvalue weighted by Crippen LogP contribution is 2.15. The lowest BCUT2D eigenvalue weighted by molar-refractivity contribution is -0.173. The molecule has 1 saturated heterocycles. The maximum atomic E-state index is 11.8. The third kappa shape index (κ3) is 8.83. The molecule has 0 radical (unpaired) electrons. The van der Waals surface area contributed by atoms with Crippen LogP contribution >= 0.6 is 24.0 Å². The van der Waals surface area contributed by atoms with Gasteiger partial charge in [-0.25, -0.2) is 0 Å². The van der Waals surface area contributed by atoms with Crippen molar-refractivity contribution < 1.29 is 17.9 Å². The van der Waals surface area contributed by atoms with E-state index in [-0.39, 0.29) is 30.6 Å². The smallest absolute Gasteiger partial charge is 0.372 e. The van der Waals surface area contributed by atoms with Gasteiger partial charge in [-0.1, -0.05) is 6.92 Å². The SMILES string of the molecule is CC1CCN(C(N)=NCCCOCC(F)(F)F)CC1.I. The average Bonchev–Trinajstić information content (AvgIpc) is 2.33. The van der Waals surface area contributed by atoms with E-state index < -0.39 is 12.8 Å². The van der Waals surface area contributed by atoms with Gasteiger partial charge in [0.25, 0.3) is 0 Å². The minimum absolute atomic E-state index is 0. The second-order valence-corrected chi connectivity index (χ2v) is 4.93. The lowest BCUT2D eigenvalue weighted by atomic mass is 10.00. The van der Waals surface area contributed by atoms with Gasteiger partial charge in [0.2, 0.25) is 0 Å². The summed E-state index contributed by atoms with van der Waals surface area (Å²) in [4.78, 5) is 6.19. The van der Waals surface area contributed by atoms with Crippen molar-refractivity contribution in [1.29, 1.82) is 0 Å². The Morgan fingerprint density at radius 1 is 1.35 bits per heavy atom. The summed E-state index contributed by atoms with van der Waals surface area (Å²) in [7, 11) is 0. The molecular formula is C12H23F3IN3O. The number of aliphatic imine (C=N–C) groups is 1. The first-order valence-electron chi connectivity index (χ1n) is 6.58. The number of guanidine groups is 1. The predicted octanol–water partition coefficient (Wildman–Crippen LogP) is 2.62. The van der Waals surface area contributed by atoms with Gasteiger partial charge in [0, 0.05) is 26.2 Å². The Balaban J connectivity index is 0.00000361. The fourth-order valence-corrected chi connectivity index (χ4v) is 1.89. The number of halogens is 4. The number of likely N-dealkylation sites (tertiary alicyclic amines) is 1. The fourth-order valence-electron chi connectivity index (χ4n) is 1.89. The molecule has 1 rings (SSSR count). The summed E-state index contributed by atoms with van der Waals surface area (Å²) < 4.78 is 39.9. The summed E-state index contributed by atoms with van der Waals surface area (Å²) in [5, 5.41) is 0. The first kappa shape index (κ1) is 19.8. The molecule has 0 atom stereocenters. The van der Waals surface area contributed by atoms with Crippen LogP contribution in [0.2, 0.25) is 0 Å². The second-order valence-electron chi connectivity index (χ2n) is 4.93. The predicted molar refractivity (Wildman–Crippen MR) is 83.4 cm³/mol. The van der Waals surface area contributed by atoms with E-state index in [4.69, 9.17) is 5.73 Å². The van der Waals surface area contributed by atoms with Crippen molar-refractivity contribution in [2.75, 3.05) is 32.8 Å². The van der Waals surface area contributed by atoms with E-state index in [0.717, 1.165) is 31.8 Å². The molecule has 0 saturated carbocycles. The zero-order valence-electron chi connectivity index (χ0n) is 11.7. The Kier molecular flexibility index (Phi) is 9.52. The van der Waals surface area contributed by atoms with E-state index in [9.17, 15) is 13.2 Å². The Morgan fingerprint density at radius 3 is 2.50 bits per heavy atom. The molecular weight excluding hydrogens is 386 g/mol. The van der Waals surface area contributed by atoms with Crippen molar-refractivity contribution in [3.05, 3.63) is 0 Å². The number of hydrogen-bond donors (Lipinski definition) is 1. The third-order valence-corrected chi connectivity index (χ3v) is 3.09. The number of piperidine rings is 1. The van der Waals surface area contributed by atoms with Crippen LogP contribution in [0.25, 0.3) is 0 Å². The van der Waals surface area contributed by atoms with Crippen molar-refractivity contribution >= 4 is 29.9 Å². The monoisotopic (exact) mass is 409 g/mol. The molecule has 1 heterocycles. The summed E-state index contributed by atoms with van der Waals surface area (Å²) in [6.07, 6.45) is -1.61. The lowest BCUT2D eigenvalue weighted by Crippen LogP contribution is -2.42. The number of rotatable bonds is 5. The first-order chi connectivity index (χ1) is 8.88. The van der Waals surface area contributed by atoms with Crippen LogP contribution < -0.4 is 5.73 Å². The summed E-state index contributed by atoms with van der Waals surface area (Å²) in [5.74, 6) is 1.21. The quantitative estimate of drug-likeness (QED) is 0.329. The molecule has 0 aliphatic carbocycles. The van der Waals surface area contributed by atoms with Crippen molar-refractivity contribution in [3.8, 4) is 0 Å². The van der Waals surface area contributed by atoms with E-state index in [2.05, 4.69) is 16.7 Å². The molecule has 0 aromatic heterocycles. The highest BCUT2D eigenvalue weighted by molar-refractivity contribution is 14.0. The van der Waals surface area contributed by atoms with Crippen LogP contribution in [0.5, 0.6) is 0 Å². The van der Waals surface area contributed by atoms with Gasteiger partial charge in [0.1, 0.15) is 6.61 Å². The molecule has 0 aromatic rings. The van der Waals surface area contributed by atoms with Crippen LogP contribution in [-0.2, 0) is 4.74 Å². The molecule has 8 heteroatoms. The van der Waals surface area contributed by atoms with Gasteiger partial charge >= 0.3 is 6.18 Å². The molecule has 0 amide bonds. The third-order valence-electron chi connectivity index (χ3n) is 3.09. The maximum absolute atomic E-state index is 11.8. The Morgan fingerprint density at radius 2 is 1.95 bits per heavy atom. The van der Waals surface area contributed by atoms with Crippen LogP contribution in [0.3, 0.4) is 0 Å². The van der Waals surface area contributed by atoms with Gasteiger partial charge in [-0.3, -0.25) is 4.99 Å². The van der Waals surface area contributed by atoms with Gasteiger partial charge in [-0.15, -0.1) is 24.0 Å². The minimum atomic E-state index is -4.26. The highest BCUT2D eigenvalue weighted by Gasteiger charge is 2.27. The maximum Gasteiger partial charge on any atom is 0.411 e. The normalized spacial score (nSPS) is 18.0. The summed E-state index contributed by atoms with van der Waals surface area (Å²) in [6.45, 7) is 3.27. The molecule has 0 unspecified atom stereocenters. The van der Waals surface area contributed by atoms with Crippen LogP contribution in [0.4, 0.5) is 13.2 Å². The Bertz CT molecular complexity index is 292. The molecule has 1 aliphatic rings. The number of alkyl halides is 3. The summed E-state index contributed by atoms with van der Waals surface area (Å²) in [6, 6.07) is 0. The number of ether oxygens (including phenoxy) is 1. The number of nitrogens with zero attached hydrogens (tertiary/aromatic N) is 2. The Hall–Kier alpha value is -0.250. The van der Waals surface area contributed by atoms with Gasteiger partial charge < -0.3 is 15.4 Å². The topological polar surface area (TPSA) is 50.8 Å². The molecule has 0 aromatic carbocycles. The number of hydrogen-bond acceptors (Lipinski definition) is 2. The van der Waals surface area contributed by atoms with Gasteiger partial charge in [0.05, 0.1) is 0 Å². The first-order valence-corrected chi connectivity index (χ1v) is 6.58. The molecule has 120 valence electrons. The standard InChI is InChI=1S/C12H22F3N3O.HI/c1-10-3-6-18(7-4-10)11(16)17-5-2-8-19-9-12(13,14)15;/h10H,2-9H2,1H3,(H2,16,17);1H. The molecule has 20 heavy (non-hydrogen) atoms. The van der Waals surface area contributed by atoms with Crippen LogP contribution in [0, 0.1) is 5.92 Å². The van der Waals surface area contributed by atoms with E-state index in [1.165, 1.54) is 0 Å². The van der Waals surface area contributed by atoms with Crippen molar-refractivity contribution in [2.24, 2.45) is 16.6 Å². The van der Waals surface area contributed by atoms with Crippen LogP contribution in [0.15, 0.2) is 4.99 Å². The lowest BCUT2D eigenvalue weighted by Gasteiger charge is -2.31. The molecule has 2 N–H and O–H groups in total. The average molecular weight is 409 g/mol. The molecule has 4 nitrogen and oxygen atoms in total. The van der Waals surface area contributed by atoms with E-state index >= 15 is 0 Å². The molecule has 1 aliphatic heterocycles. The molecule has 0 spiro atoms. The van der Waals surface area contributed by atoms with E-state index in [1.54, 1.807) is 0 Å². The van der Waals surface area contributed by atoms with Gasteiger partial charge in [0.15, 0.2) is 5.96 Å². The van der Waals surface area contributed by atoms with Crippen molar-refractivity contribution in [3.63, 3.8) is 0 Å². The largest absolute Gasteiger partial charge is 0.411 e. The zero-order chi connectivity index (χ0) is 14.3. The molecule has 1 fully saturated rings. The van der Waals surface area contributed by atoms with Crippen molar-refractivity contribution in [2.45, 2.75) is 32.4 Å². The summed E-state index contributed by atoms with van der Waals surface area (Å²) in [5.41, 5.74) is 5.83. The second kappa shape index (κ2) is 9.64. The van der Waals surface area contributed by atoms with E-state index in [0.29, 0.717) is 18.9 Å². The highest BCUT2D eigenvalue weighted by atomic mass is 127. The molecule has 0 bridgehead atoms. The summed E-state index contributed by atoms with van der Waals surface area (Å²) >= 11 is 0. The van der Waals surface area contributed by atoms with Crippen LogP contribution in [0.1, 0.15) is 26.2 Å². The number of nitrogens with two attached hydrogens (primary N) is 1. The van der Waals surface area contributed by atoms with Gasteiger partial charge in [-0.05, 0) is 25.2 Å². The van der Waals surface area contributed by atoms with Crippen LogP contribution in [-0.4, -0.2) is 49.9 Å². The minimum Gasteiger partial charge on any atom is -0.372 e. The fraction of sp³-hybridized carbons (Fsp3) is 0.917. The van der Waals surface area contributed by atoms with Gasteiger partial charge in [-0.2, -0.15) is 13.2 Å².